The van der Waals surface area contributed by atoms with Crippen molar-refractivity contribution >= 4 is 11.9 Å². The van der Waals surface area contributed by atoms with Gasteiger partial charge in [0, 0.05) is 12.8 Å². The summed E-state index contributed by atoms with van der Waals surface area (Å²) in [5.74, 6) is -0.580. The van der Waals surface area contributed by atoms with Crippen molar-refractivity contribution in [1.82, 2.24) is 0 Å². The number of ether oxygens (including phenoxy) is 2. The van der Waals surface area contributed by atoms with Crippen molar-refractivity contribution in [1.29, 1.82) is 0 Å². The Balaban J connectivity index is 3.44. The molecule has 0 spiro atoms. The zero-order chi connectivity index (χ0) is 56.2. The predicted octanol–water partition coefficient (Wildman–Crippen LogP) is 23.7. The maximum Gasteiger partial charge on any atom is 0.306 e. The summed E-state index contributed by atoms with van der Waals surface area (Å²) < 4.78 is 10.8. The van der Waals surface area contributed by atoms with Crippen LogP contribution in [0.25, 0.3) is 0 Å². The average Bonchev–Trinajstić information content (AvgIpc) is 3.44. The first kappa shape index (κ1) is 75.1. The van der Waals surface area contributed by atoms with Crippen molar-refractivity contribution in [3.63, 3.8) is 0 Å². The predicted molar refractivity (Wildman–Crippen MR) is 343 cm³/mol. The van der Waals surface area contributed by atoms with E-state index in [1.807, 2.05) is 0 Å². The third-order valence-corrected chi connectivity index (χ3v) is 15.2. The van der Waals surface area contributed by atoms with Gasteiger partial charge < -0.3 is 14.6 Å². The van der Waals surface area contributed by atoms with Crippen LogP contribution >= 0.6 is 0 Å². The number of rotatable bonds is 63. The standard InChI is InChI=1S/C73H130O5/c1-3-5-7-9-11-13-15-17-19-21-23-25-27-29-31-33-35-36-38-39-41-43-45-47-49-51-53-55-57-59-61-63-65-67-72(75)77-70-71(69-74)78-73(76)68-66-64-62-60-58-56-54-52-50-48-46-44-42-40-37-34-32-30-28-26-24-22-20-18-16-14-12-10-8-6-4-2/h6,8,12,14,18,20-21,23-24,26,30,32,37,40,71,74H,3-5,7,9-11,13,15-17,19,22,25,27-29,31,33-36,38-39,41-70H2,1-2H3/b8-6-,14-12-,20-18-,23-21-,26-24-,32-30-,40-37-. The highest BCUT2D eigenvalue weighted by molar-refractivity contribution is 5.70. The molecule has 0 radical (unpaired) electrons. The molecule has 0 amide bonds. The van der Waals surface area contributed by atoms with Gasteiger partial charge in [-0.3, -0.25) is 9.59 Å². The van der Waals surface area contributed by atoms with Gasteiger partial charge in [0.05, 0.1) is 6.61 Å². The smallest absolute Gasteiger partial charge is 0.306 e. The van der Waals surface area contributed by atoms with E-state index in [-0.39, 0.29) is 25.2 Å². The molecule has 5 heteroatoms. The zero-order valence-corrected chi connectivity index (χ0v) is 51.9. The van der Waals surface area contributed by atoms with E-state index in [0.29, 0.717) is 12.8 Å². The molecule has 0 fully saturated rings. The molecule has 0 aromatic rings. The lowest BCUT2D eigenvalue weighted by atomic mass is 10.0. The summed E-state index contributed by atoms with van der Waals surface area (Å²) in [6.07, 6.45) is 96.1. The quantitative estimate of drug-likeness (QED) is 0.0373. The minimum Gasteiger partial charge on any atom is -0.462 e. The highest BCUT2D eigenvalue weighted by Crippen LogP contribution is 2.18. The summed E-state index contributed by atoms with van der Waals surface area (Å²) in [5, 5.41) is 9.70. The molecule has 1 atom stereocenters. The Morgan fingerprint density at radius 1 is 0.308 bits per heavy atom. The molecule has 0 aromatic heterocycles. The number of esters is 2. The highest BCUT2D eigenvalue weighted by atomic mass is 16.6. The molecule has 78 heavy (non-hydrogen) atoms. The van der Waals surface area contributed by atoms with Crippen LogP contribution in [-0.2, 0) is 19.1 Å². The van der Waals surface area contributed by atoms with Gasteiger partial charge in [-0.25, -0.2) is 0 Å². The number of carbonyl (C=O) groups excluding carboxylic acids is 2. The van der Waals surface area contributed by atoms with Gasteiger partial charge in [-0.05, 0) is 89.9 Å². The fourth-order valence-corrected chi connectivity index (χ4v) is 10.1. The summed E-state index contributed by atoms with van der Waals surface area (Å²) in [6, 6.07) is 0. The number of hydrogen-bond donors (Lipinski definition) is 1. The first-order valence-corrected chi connectivity index (χ1v) is 34.1. The second-order valence-corrected chi connectivity index (χ2v) is 22.9. The highest BCUT2D eigenvalue weighted by Gasteiger charge is 2.16. The normalized spacial score (nSPS) is 12.7. The Morgan fingerprint density at radius 3 is 0.846 bits per heavy atom. The lowest BCUT2D eigenvalue weighted by Crippen LogP contribution is -2.28. The number of aliphatic hydroxyl groups is 1. The van der Waals surface area contributed by atoms with Crippen LogP contribution in [0.4, 0.5) is 0 Å². The molecule has 452 valence electrons. The van der Waals surface area contributed by atoms with Crippen LogP contribution in [0, 0.1) is 0 Å². The van der Waals surface area contributed by atoms with Gasteiger partial charge in [-0.15, -0.1) is 0 Å². The number of aliphatic hydroxyl groups excluding tert-OH is 1. The van der Waals surface area contributed by atoms with Crippen molar-refractivity contribution in [2.75, 3.05) is 13.2 Å². The lowest BCUT2D eigenvalue weighted by Gasteiger charge is -2.15. The van der Waals surface area contributed by atoms with Crippen LogP contribution in [0.2, 0.25) is 0 Å². The van der Waals surface area contributed by atoms with Gasteiger partial charge in [0.2, 0.25) is 0 Å². The Kier molecular flexibility index (Phi) is 65.8. The SMILES string of the molecule is CC/C=C\C/C=C\C/C=C\C/C=C\C/C=C\C/C=C\CCCCCCCCCCCCCCC(=O)OC(CO)COC(=O)CCCCCCCCCCCCCCCCCCCCCCC/C=C\CCCCCCCCCC. The average molecular weight is 1090 g/mol. The maximum absolute atomic E-state index is 12.4. The fraction of sp³-hybridized carbons (Fsp3) is 0.781. The van der Waals surface area contributed by atoms with Crippen molar-refractivity contribution in [3.05, 3.63) is 85.1 Å². The Bertz CT molecular complexity index is 1420. The fourth-order valence-electron chi connectivity index (χ4n) is 10.1. The van der Waals surface area contributed by atoms with E-state index in [2.05, 4.69) is 98.9 Å². The third-order valence-electron chi connectivity index (χ3n) is 15.2. The van der Waals surface area contributed by atoms with Crippen LogP contribution < -0.4 is 0 Å². The van der Waals surface area contributed by atoms with Gasteiger partial charge >= 0.3 is 11.9 Å². The summed E-state index contributed by atoms with van der Waals surface area (Å²) in [4.78, 5) is 24.6. The number of hydrogen-bond acceptors (Lipinski definition) is 5. The van der Waals surface area contributed by atoms with Crippen molar-refractivity contribution < 1.29 is 24.2 Å². The molecule has 5 nitrogen and oxygen atoms in total. The van der Waals surface area contributed by atoms with Gasteiger partial charge in [0.15, 0.2) is 6.10 Å². The molecular formula is C73H130O5. The van der Waals surface area contributed by atoms with Gasteiger partial charge in [-0.2, -0.15) is 0 Å². The molecule has 0 bridgehead atoms. The van der Waals surface area contributed by atoms with E-state index in [1.165, 1.54) is 244 Å². The molecule has 0 aromatic carbocycles. The lowest BCUT2D eigenvalue weighted by molar-refractivity contribution is -0.161. The van der Waals surface area contributed by atoms with E-state index >= 15 is 0 Å². The van der Waals surface area contributed by atoms with E-state index in [9.17, 15) is 14.7 Å². The Labute approximate surface area is 486 Å². The first-order valence-electron chi connectivity index (χ1n) is 34.1. The van der Waals surface area contributed by atoms with Crippen molar-refractivity contribution in [2.24, 2.45) is 0 Å². The second kappa shape index (κ2) is 68.4. The summed E-state index contributed by atoms with van der Waals surface area (Å²) in [5.41, 5.74) is 0. The van der Waals surface area contributed by atoms with Crippen LogP contribution in [-0.4, -0.2) is 36.4 Å². The van der Waals surface area contributed by atoms with E-state index < -0.39 is 6.10 Å². The van der Waals surface area contributed by atoms with E-state index in [1.54, 1.807) is 0 Å². The summed E-state index contributed by atoms with van der Waals surface area (Å²) in [7, 11) is 0. The number of carbonyl (C=O) groups is 2. The Hall–Kier alpha value is -2.92. The minimum atomic E-state index is -0.777. The van der Waals surface area contributed by atoms with Crippen LogP contribution in [0.3, 0.4) is 0 Å². The second-order valence-electron chi connectivity index (χ2n) is 22.9. The van der Waals surface area contributed by atoms with Gasteiger partial charge in [-0.1, -0.05) is 330 Å². The van der Waals surface area contributed by atoms with Crippen molar-refractivity contribution in [3.8, 4) is 0 Å². The van der Waals surface area contributed by atoms with Crippen LogP contribution in [0.15, 0.2) is 85.1 Å². The zero-order valence-electron chi connectivity index (χ0n) is 51.9. The monoisotopic (exact) mass is 1090 g/mol. The van der Waals surface area contributed by atoms with Gasteiger partial charge in [0.1, 0.15) is 6.61 Å². The molecule has 0 aliphatic carbocycles. The summed E-state index contributed by atoms with van der Waals surface area (Å²) >= 11 is 0. The summed E-state index contributed by atoms with van der Waals surface area (Å²) in [6.45, 7) is 4.07. The van der Waals surface area contributed by atoms with Crippen LogP contribution in [0.5, 0.6) is 0 Å². The molecular weight excluding hydrogens is 957 g/mol. The molecule has 1 unspecified atom stereocenters. The topological polar surface area (TPSA) is 72.8 Å². The van der Waals surface area contributed by atoms with Gasteiger partial charge in [0.25, 0.3) is 0 Å². The molecule has 0 saturated heterocycles. The largest absolute Gasteiger partial charge is 0.462 e. The van der Waals surface area contributed by atoms with E-state index in [4.69, 9.17) is 9.47 Å². The first-order chi connectivity index (χ1) is 38.6. The van der Waals surface area contributed by atoms with Crippen LogP contribution in [0.1, 0.15) is 348 Å². The maximum atomic E-state index is 12.4. The number of unbranched alkanes of at least 4 members (excludes halogenated alkanes) is 41. The van der Waals surface area contributed by atoms with E-state index in [0.717, 1.165) is 77.0 Å². The molecule has 0 saturated carbocycles. The molecule has 0 heterocycles. The molecule has 1 N–H and O–H groups in total. The van der Waals surface area contributed by atoms with Crippen molar-refractivity contribution in [2.45, 2.75) is 354 Å². The molecule has 0 aliphatic heterocycles. The molecule has 0 rings (SSSR count). The number of allylic oxidation sites excluding steroid dienone is 14. The minimum absolute atomic E-state index is 0.0658. The molecule has 0 aliphatic rings. The Morgan fingerprint density at radius 2 is 0.551 bits per heavy atom. The third kappa shape index (κ3) is 65.6.